The molecule has 0 saturated heterocycles. The molecule has 3 aromatic rings. The summed E-state index contributed by atoms with van der Waals surface area (Å²) in [6.45, 7) is 2.28. The molecule has 4 heteroatoms. The summed E-state index contributed by atoms with van der Waals surface area (Å²) in [5.74, 6) is 1.49. The highest BCUT2D eigenvalue weighted by molar-refractivity contribution is 5.67. The third-order valence-corrected chi connectivity index (χ3v) is 4.17. The third-order valence-electron chi connectivity index (χ3n) is 4.17. The smallest absolute Gasteiger partial charge is 0.231 e. The number of aryl methyl sites for hydroxylation is 1. The zero-order chi connectivity index (χ0) is 16.5. The number of aliphatic hydroxyl groups excluding tert-OH is 1. The SMILES string of the molecule is Cc1ccc(C(O)c2cncc(-c3ccc4c(c3)OCO4)c2)cc1. The summed E-state index contributed by atoms with van der Waals surface area (Å²) < 4.78 is 10.8. The van der Waals surface area contributed by atoms with E-state index in [1.54, 1.807) is 12.4 Å². The maximum absolute atomic E-state index is 10.6. The Labute approximate surface area is 140 Å². The molecule has 0 saturated carbocycles. The van der Waals surface area contributed by atoms with Gasteiger partial charge in [0.05, 0.1) is 0 Å². The van der Waals surface area contributed by atoms with Crippen molar-refractivity contribution >= 4 is 0 Å². The summed E-state index contributed by atoms with van der Waals surface area (Å²) in [6, 6.07) is 15.6. The van der Waals surface area contributed by atoms with Gasteiger partial charge in [0.25, 0.3) is 0 Å². The van der Waals surface area contributed by atoms with Crippen LogP contribution in [0.1, 0.15) is 22.8 Å². The fourth-order valence-electron chi connectivity index (χ4n) is 2.78. The molecule has 4 rings (SSSR count). The lowest BCUT2D eigenvalue weighted by Crippen LogP contribution is -2.00. The van der Waals surface area contributed by atoms with Crippen LogP contribution in [0.2, 0.25) is 0 Å². The molecule has 0 radical (unpaired) electrons. The Kier molecular flexibility index (Phi) is 3.67. The molecular formula is C20H17NO3. The van der Waals surface area contributed by atoms with Gasteiger partial charge in [0.1, 0.15) is 6.10 Å². The number of nitrogens with zero attached hydrogens (tertiary/aromatic N) is 1. The maximum Gasteiger partial charge on any atom is 0.231 e. The van der Waals surface area contributed by atoms with Crippen LogP contribution in [-0.2, 0) is 0 Å². The van der Waals surface area contributed by atoms with Crippen LogP contribution in [0.4, 0.5) is 0 Å². The molecule has 1 unspecified atom stereocenters. The number of ether oxygens (including phenoxy) is 2. The molecule has 120 valence electrons. The first-order chi connectivity index (χ1) is 11.7. The first kappa shape index (κ1) is 14.7. The number of pyridine rings is 1. The van der Waals surface area contributed by atoms with Gasteiger partial charge in [0, 0.05) is 23.5 Å². The molecule has 1 atom stereocenters. The van der Waals surface area contributed by atoms with Crippen molar-refractivity contribution in [3.63, 3.8) is 0 Å². The molecule has 24 heavy (non-hydrogen) atoms. The fraction of sp³-hybridized carbons (Fsp3) is 0.150. The van der Waals surface area contributed by atoms with Gasteiger partial charge in [-0.1, -0.05) is 35.9 Å². The van der Waals surface area contributed by atoms with E-state index in [-0.39, 0.29) is 6.79 Å². The lowest BCUT2D eigenvalue weighted by Gasteiger charge is -2.13. The molecule has 1 aliphatic rings. The predicted molar refractivity (Wildman–Crippen MR) is 91.0 cm³/mol. The Morgan fingerprint density at radius 2 is 1.67 bits per heavy atom. The van der Waals surface area contributed by atoms with E-state index in [2.05, 4.69) is 4.98 Å². The Morgan fingerprint density at radius 3 is 2.50 bits per heavy atom. The molecule has 2 heterocycles. The van der Waals surface area contributed by atoms with Gasteiger partial charge in [0.2, 0.25) is 6.79 Å². The minimum absolute atomic E-state index is 0.253. The fourth-order valence-corrected chi connectivity index (χ4v) is 2.78. The van der Waals surface area contributed by atoms with Gasteiger partial charge < -0.3 is 14.6 Å². The van der Waals surface area contributed by atoms with Crippen LogP contribution in [0.25, 0.3) is 11.1 Å². The quantitative estimate of drug-likeness (QED) is 0.796. The van der Waals surface area contributed by atoms with Crippen LogP contribution in [0.5, 0.6) is 11.5 Å². The highest BCUT2D eigenvalue weighted by Gasteiger charge is 2.15. The zero-order valence-electron chi connectivity index (χ0n) is 13.3. The first-order valence-electron chi connectivity index (χ1n) is 7.80. The van der Waals surface area contributed by atoms with Crippen molar-refractivity contribution in [2.75, 3.05) is 6.79 Å². The molecule has 0 aliphatic carbocycles. The minimum atomic E-state index is -0.702. The normalized spacial score (nSPS) is 13.8. The van der Waals surface area contributed by atoms with Gasteiger partial charge in [-0.05, 0) is 36.2 Å². The monoisotopic (exact) mass is 319 g/mol. The highest BCUT2D eigenvalue weighted by atomic mass is 16.7. The summed E-state index contributed by atoms with van der Waals surface area (Å²) >= 11 is 0. The van der Waals surface area contributed by atoms with E-state index in [0.29, 0.717) is 0 Å². The van der Waals surface area contributed by atoms with Crippen LogP contribution in [0, 0.1) is 6.92 Å². The van der Waals surface area contributed by atoms with Crippen molar-refractivity contribution in [3.8, 4) is 22.6 Å². The first-order valence-corrected chi connectivity index (χ1v) is 7.80. The van der Waals surface area contributed by atoms with E-state index < -0.39 is 6.10 Å². The van der Waals surface area contributed by atoms with Crippen molar-refractivity contribution in [3.05, 3.63) is 77.6 Å². The standard InChI is InChI=1S/C20H17NO3/c1-13-2-4-14(5-3-13)20(22)17-8-16(10-21-11-17)15-6-7-18-19(9-15)24-12-23-18/h2-11,20,22H,12H2,1H3. The predicted octanol–water partition coefficient (Wildman–Crippen LogP) is 3.87. The van der Waals surface area contributed by atoms with Crippen LogP contribution >= 0.6 is 0 Å². The second-order valence-electron chi connectivity index (χ2n) is 5.89. The molecule has 0 fully saturated rings. The average molecular weight is 319 g/mol. The number of rotatable bonds is 3. The molecule has 0 bridgehead atoms. The van der Waals surface area contributed by atoms with Gasteiger partial charge >= 0.3 is 0 Å². The Hall–Kier alpha value is -2.85. The zero-order valence-corrected chi connectivity index (χ0v) is 13.3. The molecular weight excluding hydrogens is 302 g/mol. The molecule has 0 amide bonds. The van der Waals surface area contributed by atoms with Crippen molar-refractivity contribution in [2.24, 2.45) is 0 Å². The molecule has 1 aromatic heterocycles. The Bertz CT molecular complexity index is 874. The van der Waals surface area contributed by atoms with Crippen molar-refractivity contribution < 1.29 is 14.6 Å². The van der Waals surface area contributed by atoms with Crippen molar-refractivity contribution in [2.45, 2.75) is 13.0 Å². The van der Waals surface area contributed by atoms with Gasteiger partial charge in [-0.2, -0.15) is 0 Å². The average Bonchev–Trinajstić information content (AvgIpc) is 3.09. The van der Waals surface area contributed by atoms with Gasteiger partial charge in [-0.25, -0.2) is 0 Å². The topological polar surface area (TPSA) is 51.6 Å². The lowest BCUT2D eigenvalue weighted by atomic mass is 9.99. The van der Waals surface area contributed by atoms with Crippen molar-refractivity contribution in [1.82, 2.24) is 4.98 Å². The molecule has 1 aliphatic heterocycles. The Balaban J connectivity index is 1.67. The van der Waals surface area contributed by atoms with E-state index in [1.165, 1.54) is 0 Å². The third kappa shape index (κ3) is 2.72. The van der Waals surface area contributed by atoms with Crippen LogP contribution in [0.15, 0.2) is 60.9 Å². The number of hydrogen-bond donors (Lipinski definition) is 1. The van der Waals surface area contributed by atoms with E-state index in [4.69, 9.17) is 9.47 Å². The number of benzene rings is 2. The summed E-state index contributed by atoms with van der Waals surface area (Å²) in [7, 11) is 0. The molecule has 2 aromatic carbocycles. The largest absolute Gasteiger partial charge is 0.454 e. The van der Waals surface area contributed by atoms with Gasteiger partial charge in [-0.3, -0.25) is 4.98 Å². The van der Waals surface area contributed by atoms with E-state index >= 15 is 0 Å². The number of aliphatic hydroxyl groups is 1. The van der Waals surface area contributed by atoms with E-state index in [9.17, 15) is 5.11 Å². The second kappa shape index (κ2) is 5.98. The Morgan fingerprint density at radius 1 is 0.875 bits per heavy atom. The van der Waals surface area contributed by atoms with Gasteiger partial charge in [-0.15, -0.1) is 0 Å². The maximum atomic E-state index is 10.6. The number of fused-ring (bicyclic) bond motifs is 1. The summed E-state index contributed by atoms with van der Waals surface area (Å²) in [4.78, 5) is 4.29. The minimum Gasteiger partial charge on any atom is -0.454 e. The second-order valence-corrected chi connectivity index (χ2v) is 5.89. The lowest BCUT2D eigenvalue weighted by molar-refractivity contribution is 0.174. The number of hydrogen-bond acceptors (Lipinski definition) is 4. The van der Waals surface area contributed by atoms with Crippen LogP contribution < -0.4 is 9.47 Å². The molecule has 0 spiro atoms. The van der Waals surface area contributed by atoms with E-state index in [1.807, 2.05) is 55.5 Å². The van der Waals surface area contributed by atoms with Crippen molar-refractivity contribution in [1.29, 1.82) is 0 Å². The summed E-state index contributed by atoms with van der Waals surface area (Å²) in [6.07, 6.45) is 2.77. The van der Waals surface area contributed by atoms with Gasteiger partial charge in [0.15, 0.2) is 11.5 Å². The highest BCUT2D eigenvalue weighted by Crippen LogP contribution is 2.36. The summed E-state index contributed by atoms with van der Waals surface area (Å²) in [5, 5.41) is 10.6. The molecule has 4 nitrogen and oxygen atoms in total. The molecule has 1 N–H and O–H groups in total. The number of aromatic nitrogens is 1. The van der Waals surface area contributed by atoms with E-state index in [0.717, 1.165) is 39.3 Å². The summed E-state index contributed by atoms with van der Waals surface area (Å²) in [5.41, 5.74) is 4.68. The van der Waals surface area contributed by atoms with Crippen LogP contribution in [-0.4, -0.2) is 16.9 Å². The van der Waals surface area contributed by atoms with Crippen LogP contribution in [0.3, 0.4) is 0 Å².